The van der Waals surface area contributed by atoms with Gasteiger partial charge in [0.1, 0.15) is 0 Å². The first kappa shape index (κ1) is 14.8. The maximum atomic E-state index is 12.6. The van der Waals surface area contributed by atoms with Gasteiger partial charge in [-0.3, -0.25) is 4.79 Å². The zero-order valence-corrected chi connectivity index (χ0v) is 12.7. The van der Waals surface area contributed by atoms with Crippen LogP contribution in [-0.4, -0.2) is 5.78 Å². The normalized spacial score (nSPS) is 9.74. The molecule has 0 fully saturated rings. The minimum Gasteiger partial charge on any atom is -0.294 e. The van der Waals surface area contributed by atoms with Crippen molar-refractivity contribution in [3.05, 3.63) is 107 Å². The molecule has 1 nitrogen and oxygen atoms in total. The standard InChI is InChI=1S/C22H16O/c23-22(17-19-11-5-2-6-12-19)21-14-8-7-13-20(21)16-15-18-9-3-1-4-10-18/h1-14H,17H2. The number of hydrogen-bond acceptors (Lipinski definition) is 1. The third-order valence-electron chi connectivity index (χ3n) is 3.55. The van der Waals surface area contributed by atoms with E-state index in [0.29, 0.717) is 12.0 Å². The molecule has 0 radical (unpaired) electrons. The predicted octanol–water partition coefficient (Wildman–Crippen LogP) is 4.51. The quantitative estimate of drug-likeness (QED) is 0.513. The van der Waals surface area contributed by atoms with E-state index >= 15 is 0 Å². The van der Waals surface area contributed by atoms with Crippen molar-refractivity contribution in [2.45, 2.75) is 6.42 Å². The molecular weight excluding hydrogens is 280 g/mol. The van der Waals surface area contributed by atoms with Gasteiger partial charge >= 0.3 is 0 Å². The molecule has 23 heavy (non-hydrogen) atoms. The van der Waals surface area contributed by atoms with Gasteiger partial charge < -0.3 is 0 Å². The number of carbonyl (C=O) groups excluding carboxylic acids is 1. The Hall–Kier alpha value is -3.11. The second-order valence-corrected chi connectivity index (χ2v) is 5.25. The van der Waals surface area contributed by atoms with Crippen molar-refractivity contribution >= 4 is 5.78 Å². The van der Waals surface area contributed by atoms with Gasteiger partial charge in [0.05, 0.1) is 0 Å². The largest absolute Gasteiger partial charge is 0.294 e. The van der Waals surface area contributed by atoms with Gasteiger partial charge in [0.15, 0.2) is 5.78 Å². The van der Waals surface area contributed by atoms with E-state index in [-0.39, 0.29) is 5.78 Å². The molecule has 0 heterocycles. The second-order valence-electron chi connectivity index (χ2n) is 5.25. The van der Waals surface area contributed by atoms with Gasteiger partial charge in [-0.15, -0.1) is 0 Å². The van der Waals surface area contributed by atoms with Crippen LogP contribution in [0.15, 0.2) is 84.9 Å². The van der Waals surface area contributed by atoms with Crippen molar-refractivity contribution in [3.8, 4) is 11.8 Å². The average Bonchev–Trinajstić information content (AvgIpc) is 2.62. The van der Waals surface area contributed by atoms with Crippen LogP contribution < -0.4 is 0 Å². The minimum atomic E-state index is 0.0918. The van der Waals surface area contributed by atoms with Crippen molar-refractivity contribution < 1.29 is 4.79 Å². The van der Waals surface area contributed by atoms with Gasteiger partial charge in [-0.1, -0.05) is 78.6 Å². The topological polar surface area (TPSA) is 17.1 Å². The molecule has 0 aliphatic carbocycles. The Bertz CT molecular complexity index is 852. The fourth-order valence-corrected chi connectivity index (χ4v) is 2.37. The number of carbonyl (C=O) groups is 1. The Balaban J connectivity index is 1.86. The molecule has 0 aliphatic rings. The Labute approximate surface area is 136 Å². The van der Waals surface area contributed by atoms with E-state index < -0.39 is 0 Å². The van der Waals surface area contributed by atoms with E-state index in [4.69, 9.17) is 0 Å². The molecular formula is C22H16O. The third kappa shape index (κ3) is 3.96. The van der Waals surface area contributed by atoms with Crippen molar-refractivity contribution in [1.82, 2.24) is 0 Å². The van der Waals surface area contributed by atoms with Crippen LogP contribution in [0.25, 0.3) is 0 Å². The second kappa shape index (κ2) is 7.24. The monoisotopic (exact) mass is 296 g/mol. The van der Waals surface area contributed by atoms with Crippen LogP contribution in [0.5, 0.6) is 0 Å². The number of ketones is 1. The third-order valence-corrected chi connectivity index (χ3v) is 3.55. The Kier molecular flexibility index (Phi) is 4.66. The van der Waals surface area contributed by atoms with Crippen LogP contribution in [0, 0.1) is 11.8 Å². The lowest BCUT2D eigenvalue weighted by molar-refractivity contribution is 0.0993. The van der Waals surface area contributed by atoms with Gasteiger partial charge in [-0.2, -0.15) is 0 Å². The molecule has 1 heteroatoms. The molecule has 3 aromatic rings. The van der Waals surface area contributed by atoms with Crippen LogP contribution in [0.2, 0.25) is 0 Å². The summed E-state index contributed by atoms with van der Waals surface area (Å²) in [5.41, 5.74) is 3.42. The van der Waals surface area contributed by atoms with Crippen LogP contribution in [0.3, 0.4) is 0 Å². The zero-order chi connectivity index (χ0) is 15.9. The summed E-state index contributed by atoms with van der Waals surface area (Å²) in [7, 11) is 0. The van der Waals surface area contributed by atoms with E-state index in [0.717, 1.165) is 16.7 Å². The van der Waals surface area contributed by atoms with Crippen molar-refractivity contribution in [1.29, 1.82) is 0 Å². The summed E-state index contributed by atoms with van der Waals surface area (Å²) < 4.78 is 0. The Morgan fingerprint density at radius 1 is 0.696 bits per heavy atom. The predicted molar refractivity (Wildman–Crippen MR) is 93.3 cm³/mol. The smallest absolute Gasteiger partial charge is 0.168 e. The van der Waals surface area contributed by atoms with E-state index in [1.807, 2.05) is 84.9 Å². The van der Waals surface area contributed by atoms with Crippen molar-refractivity contribution in [2.75, 3.05) is 0 Å². The molecule has 0 unspecified atom stereocenters. The molecule has 0 amide bonds. The molecule has 3 aromatic carbocycles. The lowest BCUT2D eigenvalue weighted by Crippen LogP contribution is -2.05. The van der Waals surface area contributed by atoms with Crippen LogP contribution in [-0.2, 0) is 6.42 Å². The molecule has 0 N–H and O–H groups in total. The summed E-state index contributed by atoms with van der Waals surface area (Å²) in [4.78, 5) is 12.6. The fraction of sp³-hybridized carbons (Fsp3) is 0.0455. The van der Waals surface area contributed by atoms with Gasteiger partial charge in [0, 0.05) is 23.1 Å². The first-order chi connectivity index (χ1) is 11.3. The summed E-state index contributed by atoms with van der Waals surface area (Å²) in [5, 5.41) is 0. The molecule has 0 saturated carbocycles. The number of Topliss-reactive ketones (excluding diaryl/α,β-unsaturated/α-hetero) is 1. The highest BCUT2D eigenvalue weighted by molar-refractivity contribution is 5.99. The lowest BCUT2D eigenvalue weighted by Gasteiger charge is -2.04. The number of rotatable bonds is 3. The van der Waals surface area contributed by atoms with Crippen molar-refractivity contribution in [3.63, 3.8) is 0 Å². The summed E-state index contributed by atoms with van der Waals surface area (Å²) in [6.45, 7) is 0. The molecule has 0 aromatic heterocycles. The Morgan fingerprint density at radius 3 is 2.04 bits per heavy atom. The SMILES string of the molecule is O=C(Cc1ccccc1)c1ccccc1C#Cc1ccccc1. The Morgan fingerprint density at radius 2 is 1.30 bits per heavy atom. The summed E-state index contributed by atoms with van der Waals surface area (Å²) in [5.74, 6) is 6.34. The molecule has 0 atom stereocenters. The molecule has 0 aliphatic heterocycles. The molecule has 0 saturated heterocycles. The summed E-state index contributed by atoms with van der Waals surface area (Å²) in [6, 6.07) is 27.1. The maximum Gasteiger partial charge on any atom is 0.168 e. The van der Waals surface area contributed by atoms with Crippen LogP contribution in [0.1, 0.15) is 27.0 Å². The average molecular weight is 296 g/mol. The highest BCUT2D eigenvalue weighted by Gasteiger charge is 2.10. The minimum absolute atomic E-state index is 0.0918. The van der Waals surface area contributed by atoms with Crippen LogP contribution in [0.4, 0.5) is 0 Å². The molecule has 0 spiro atoms. The van der Waals surface area contributed by atoms with E-state index in [2.05, 4.69) is 11.8 Å². The summed E-state index contributed by atoms with van der Waals surface area (Å²) >= 11 is 0. The first-order valence-electron chi connectivity index (χ1n) is 7.56. The molecule has 0 bridgehead atoms. The molecule has 110 valence electrons. The fourth-order valence-electron chi connectivity index (χ4n) is 2.37. The van der Waals surface area contributed by atoms with E-state index in [1.165, 1.54) is 0 Å². The number of benzene rings is 3. The van der Waals surface area contributed by atoms with Gasteiger partial charge in [0.2, 0.25) is 0 Å². The highest BCUT2D eigenvalue weighted by Crippen LogP contribution is 2.12. The lowest BCUT2D eigenvalue weighted by atomic mass is 9.98. The highest BCUT2D eigenvalue weighted by atomic mass is 16.1. The number of hydrogen-bond donors (Lipinski definition) is 0. The van der Waals surface area contributed by atoms with E-state index in [9.17, 15) is 4.79 Å². The van der Waals surface area contributed by atoms with Gasteiger partial charge in [-0.25, -0.2) is 0 Å². The molecule has 3 rings (SSSR count). The van der Waals surface area contributed by atoms with Crippen molar-refractivity contribution in [2.24, 2.45) is 0 Å². The first-order valence-corrected chi connectivity index (χ1v) is 7.56. The van der Waals surface area contributed by atoms with Gasteiger partial charge in [0.25, 0.3) is 0 Å². The van der Waals surface area contributed by atoms with Crippen LogP contribution >= 0.6 is 0 Å². The zero-order valence-electron chi connectivity index (χ0n) is 12.7. The van der Waals surface area contributed by atoms with E-state index in [1.54, 1.807) is 0 Å². The summed E-state index contributed by atoms with van der Waals surface area (Å²) in [6.07, 6.45) is 0.394. The van der Waals surface area contributed by atoms with Gasteiger partial charge in [-0.05, 0) is 23.8 Å². The maximum absolute atomic E-state index is 12.6.